The van der Waals surface area contributed by atoms with Crippen LogP contribution in [-0.4, -0.2) is 21.7 Å². The normalized spacial score (nSPS) is 14.1. The predicted molar refractivity (Wildman–Crippen MR) is 92.7 cm³/mol. The summed E-state index contributed by atoms with van der Waals surface area (Å²) in [4.78, 5) is 2.19. The number of hydrogen-bond donors (Lipinski definition) is 1. The molecule has 122 valence electrons. The number of nitrogens with zero attached hydrogens (tertiary/aromatic N) is 3. The van der Waals surface area contributed by atoms with Gasteiger partial charge in [-0.2, -0.15) is 5.10 Å². The summed E-state index contributed by atoms with van der Waals surface area (Å²) in [5.41, 5.74) is 11.3. The number of aromatic nitrogens is 2. The van der Waals surface area contributed by atoms with Gasteiger partial charge in [-0.15, -0.1) is 0 Å². The Morgan fingerprint density at radius 2 is 1.96 bits per heavy atom. The van der Waals surface area contributed by atoms with E-state index in [2.05, 4.69) is 11.9 Å². The van der Waals surface area contributed by atoms with Gasteiger partial charge in [-0.25, -0.2) is 4.39 Å². The summed E-state index contributed by atoms with van der Waals surface area (Å²) in [6.07, 6.45) is 0. The molecular weight excluding hydrogens is 303 g/mol. The zero-order chi connectivity index (χ0) is 16.7. The number of anilines is 1. The number of rotatable bonds is 3. The van der Waals surface area contributed by atoms with Crippen LogP contribution in [0.5, 0.6) is 0 Å². The largest absolute Gasteiger partial charge is 0.399 e. The fraction of sp³-hybridized carbons (Fsp3) is 0.211. The number of hydrogen-bond acceptors (Lipinski definition) is 3. The van der Waals surface area contributed by atoms with Gasteiger partial charge in [0.05, 0.1) is 17.9 Å². The Balaban J connectivity index is 1.83. The second kappa shape index (κ2) is 5.76. The molecule has 0 fully saturated rings. The van der Waals surface area contributed by atoms with Gasteiger partial charge in [-0.05, 0) is 36.9 Å². The van der Waals surface area contributed by atoms with E-state index in [1.165, 1.54) is 6.07 Å². The molecule has 0 unspecified atom stereocenters. The summed E-state index contributed by atoms with van der Waals surface area (Å²) in [6, 6.07) is 14.6. The van der Waals surface area contributed by atoms with Crippen LogP contribution in [0.25, 0.3) is 11.3 Å². The second-order valence-electron chi connectivity index (χ2n) is 6.33. The average Bonchev–Trinajstić information content (AvgIpc) is 3.04. The maximum absolute atomic E-state index is 14.4. The number of halogens is 1. The van der Waals surface area contributed by atoms with E-state index in [1.54, 1.807) is 6.07 Å². The molecule has 0 radical (unpaired) electrons. The molecule has 0 spiro atoms. The Morgan fingerprint density at radius 3 is 2.75 bits per heavy atom. The molecule has 1 aliphatic heterocycles. The minimum atomic E-state index is -0.219. The molecule has 0 aliphatic carbocycles. The van der Waals surface area contributed by atoms with Gasteiger partial charge in [0.2, 0.25) is 0 Å². The van der Waals surface area contributed by atoms with Crippen molar-refractivity contribution in [1.82, 2.24) is 14.7 Å². The van der Waals surface area contributed by atoms with Gasteiger partial charge in [0.25, 0.3) is 0 Å². The Hall–Kier alpha value is -2.66. The summed E-state index contributed by atoms with van der Waals surface area (Å²) >= 11 is 0. The number of fused-ring (bicyclic) bond motifs is 1. The second-order valence-corrected chi connectivity index (χ2v) is 6.33. The molecule has 2 aromatic carbocycles. The molecular formula is C19H19FN4. The highest BCUT2D eigenvalue weighted by atomic mass is 19.1. The monoisotopic (exact) mass is 322 g/mol. The lowest BCUT2D eigenvalue weighted by Crippen LogP contribution is -2.13. The van der Waals surface area contributed by atoms with Gasteiger partial charge in [0.1, 0.15) is 5.82 Å². The van der Waals surface area contributed by atoms with E-state index in [-0.39, 0.29) is 5.82 Å². The first-order valence-corrected chi connectivity index (χ1v) is 7.98. The van der Waals surface area contributed by atoms with E-state index < -0.39 is 0 Å². The third kappa shape index (κ3) is 2.57. The van der Waals surface area contributed by atoms with Crippen molar-refractivity contribution in [3.8, 4) is 11.3 Å². The van der Waals surface area contributed by atoms with E-state index in [1.807, 2.05) is 41.1 Å². The van der Waals surface area contributed by atoms with Gasteiger partial charge in [-0.3, -0.25) is 9.58 Å². The average molecular weight is 322 g/mol. The molecule has 0 atom stereocenters. The summed E-state index contributed by atoms with van der Waals surface area (Å²) in [6.45, 7) is 2.15. The van der Waals surface area contributed by atoms with Gasteiger partial charge in [-0.1, -0.05) is 24.3 Å². The Kier molecular flexibility index (Phi) is 3.58. The minimum Gasteiger partial charge on any atom is -0.399 e. The predicted octanol–water partition coefficient (Wildman–Crippen LogP) is 3.27. The van der Waals surface area contributed by atoms with Crippen LogP contribution < -0.4 is 5.73 Å². The number of nitrogens with two attached hydrogens (primary N) is 1. The summed E-state index contributed by atoms with van der Waals surface area (Å²) < 4.78 is 16.3. The van der Waals surface area contributed by atoms with E-state index in [0.29, 0.717) is 12.1 Å². The Bertz CT molecular complexity index is 900. The van der Waals surface area contributed by atoms with Crippen molar-refractivity contribution in [1.29, 1.82) is 0 Å². The molecule has 1 aromatic heterocycles. The van der Waals surface area contributed by atoms with E-state index in [9.17, 15) is 4.39 Å². The van der Waals surface area contributed by atoms with Crippen LogP contribution in [0, 0.1) is 5.82 Å². The maximum Gasteiger partial charge on any atom is 0.132 e. The fourth-order valence-electron chi connectivity index (χ4n) is 3.36. The van der Waals surface area contributed by atoms with Crippen LogP contribution in [0.15, 0.2) is 48.5 Å². The van der Waals surface area contributed by atoms with Gasteiger partial charge in [0.15, 0.2) is 0 Å². The van der Waals surface area contributed by atoms with Crippen LogP contribution in [-0.2, 0) is 19.6 Å². The SMILES string of the molecule is CN1Cc2nn(Cc3cccc(N)c3)c(-c3ccccc3F)c2C1. The van der Waals surface area contributed by atoms with Crippen LogP contribution in [0.4, 0.5) is 10.1 Å². The molecule has 0 saturated heterocycles. The van der Waals surface area contributed by atoms with Crippen molar-refractivity contribution in [3.63, 3.8) is 0 Å². The Morgan fingerprint density at radius 1 is 1.12 bits per heavy atom. The molecule has 3 aromatic rings. The van der Waals surface area contributed by atoms with Crippen molar-refractivity contribution in [2.45, 2.75) is 19.6 Å². The van der Waals surface area contributed by atoms with Crippen LogP contribution >= 0.6 is 0 Å². The molecule has 1 aliphatic rings. The summed E-state index contributed by atoms with van der Waals surface area (Å²) in [5, 5.41) is 4.75. The third-order valence-corrected chi connectivity index (χ3v) is 4.39. The first-order valence-electron chi connectivity index (χ1n) is 7.98. The lowest BCUT2D eigenvalue weighted by Gasteiger charge is -2.13. The molecule has 2 heterocycles. The fourth-order valence-corrected chi connectivity index (χ4v) is 3.36. The molecule has 4 rings (SSSR count). The standard InChI is InChI=1S/C19H19FN4/c1-23-11-16-18(12-23)22-24(10-13-5-4-6-14(21)9-13)19(16)15-7-2-3-8-17(15)20/h2-9H,10-12,21H2,1H3. The topological polar surface area (TPSA) is 47.1 Å². The van der Waals surface area contributed by atoms with Crippen molar-refractivity contribution < 1.29 is 4.39 Å². The number of benzene rings is 2. The highest BCUT2D eigenvalue weighted by Gasteiger charge is 2.27. The van der Waals surface area contributed by atoms with E-state index >= 15 is 0 Å². The maximum atomic E-state index is 14.4. The highest BCUT2D eigenvalue weighted by molar-refractivity contribution is 5.66. The van der Waals surface area contributed by atoms with E-state index in [0.717, 1.165) is 41.3 Å². The lowest BCUT2D eigenvalue weighted by atomic mass is 10.1. The van der Waals surface area contributed by atoms with Crippen molar-refractivity contribution in [2.24, 2.45) is 0 Å². The van der Waals surface area contributed by atoms with Gasteiger partial charge in [0, 0.05) is 29.9 Å². The molecule has 4 nitrogen and oxygen atoms in total. The molecule has 0 saturated carbocycles. The third-order valence-electron chi connectivity index (χ3n) is 4.39. The van der Waals surface area contributed by atoms with Gasteiger partial charge < -0.3 is 5.73 Å². The van der Waals surface area contributed by atoms with Crippen molar-refractivity contribution in [3.05, 3.63) is 71.2 Å². The van der Waals surface area contributed by atoms with E-state index in [4.69, 9.17) is 10.8 Å². The molecule has 24 heavy (non-hydrogen) atoms. The molecule has 5 heteroatoms. The summed E-state index contributed by atoms with van der Waals surface area (Å²) in [5.74, 6) is -0.219. The molecule has 2 N–H and O–H groups in total. The van der Waals surface area contributed by atoms with Crippen LogP contribution in [0.1, 0.15) is 16.8 Å². The quantitative estimate of drug-likeness (QED) is 0.753. The van der Waals surface area contributed by atoms with Crippen molar-refractivity contribution in [2.75, 3.05) is 12.8 Å². The van der Waals surface area contributed by atoms with Crippen molar-refractivity contribution >= 4 is 5.69 Å². The first-order chi connectivity index (χ1) is 11.6. The lowest BCUT2D eigenvalue weighted by molar-refractivity contribution is 0.346. The zero-order valence-corrected chi connectivity index (χ0v) is 13.5. The van der Waals surface area contributed by atoms with Crippen LogP contribution in [0.2, 0.25) is 0 Å². The highest BCUT2D eigenvalue weighted by Crippen LogP contribution is 2.34. The zero-order valence-electron chi connectivity index (χ0n) is 13.5. The van der Waals surface area contributed by atoms with Gasteiger partial charge >= 0.3 is 0 Å². The Labute approximate surface area is 140 Å². The van der Waals surface area contributed by atoms with Crippen LogP contribution in [0.3, 0.4) is 0 Å². The minimum absolute atomic E-state index is 0.219. The molecule has 0 amide bonds. The smallest absolute Gasteiger partial charge is 0.132 e. The number of nitrogen functional groups attached to an aromatic ring is 1. The summed E-state index contributed by atoms with van der Waals surface area (Å²) in [7, 11) is 2.05. The molecule has 0 bridgehead atoms. The first kappa shape index (κ1) is 14.9.